The van der Waals surface area contributed by atoms with Gasteiger partial charge in [0.25, 0.3) is 5.91 Å². The van der Waals surface area contributed by atoms with Gasteiger partial charge in [-0.05, 0) is 48.9 Å². The Balaban J connectivity index is 1.41. The average molecular weight is 485 g/mol. The molecular formula is C23H21BrN2O5. The number of ether oxygens (including phenoxy) is 2. The molecule has 3 aromatic rings. The average Bonchev–Trinajstić information content (AvgIpc) is 3.41. The Morgan fingerprint density at radius 1 is 1.19 bits per heavy atom. The molecule has 0 bridgehead atoms. The van der Waals surface area contributed by atoms with Crippen LogP contribution in [0.25, 0.3) is 0 Å². The summed E-state index contributed by atoms with van der Waals surface area (Å²) in [6.45, 7) is 0.869. The molecule has 4 rings (SSSR count). The summed E-state index contributed by atoms with van der Waals surface area (Å²) in [6.07, 6.45) is 1.36. The van der Waals surface area contributed by atoms with E-state index in [0.29, 0.717) is 41.6 Å². The molecule has 1 aliphatic rings. The normalized spacial score (nSPS) is 13.4. The van der Waals surface area contributed by atoms with Gasteiger partial charge >= 0.3 is 0 Å². The third kappa shape index (κ3) is 4.91. The van der Waals surface area contributed by atoms with Gasteiger partial charge in [0.15, 0.2) is 5.76 Å². The highest BCUT2D eigenvalue weighted by Crippen LogP contribution is 2.34. The van der Waals surface area contributed by atoms with E-state index in [1.807, 2.05) is 24.3 Å². The first-order valence-electron chi connectivity index (χ1n) is 9.80. The quantitative estimate of drug-likeness (QED) is 0.509. The summed E-state index contributed by atoms with van der Waals surface area (Å²) in [5.74, 6) is 1.61. The third-order valence-electron chi connectivity index (χ3n) is 4.86. The molecule has 1 N–H and O–H groups in total. The maximum atomic E-state index is 12.6. The van der Waals surface area contributed by atoms with Crippen LogP contribution in [0.15, 0.2) is 63.5 Å². The highest BCUT2D eigenvalue weighted by Gasteiger charge is 2.24. The molecule has 7 nitrogen and oxygen atoms in total. The molecule has 0 saturated carbocycles. The number of halogens is 1. The lowest BCUT2D eigenvalue weighted by Crippen LogP contribution is -2.24. The van der Waals surface area contributed by atoms with Gasteiger partial charge in [-0.2, -0.15) is 0 Å². The van der Waals surface area contributed by atoms with Crippen molar-refractivity contribution >= 4 is 39.1 Å². The van der Waals surface area contributed by atoms with E-state index in [9.17, 15) is 9.59 Å². The zero-order valence-electron chi connectivity index (χ0n) is 16.9. The van der Waals surface area contributed by atoms with Crippen LogP contribution >= 0.6 is 15.9 Å². The minimum atomic E-state index is -0.388. The van der Waals surface area contributed by atoms with Gasteiger partial charge in [-0.25, -0.2) is 0 Å². The molecule has 0 radical (unpaired) electrons. The number of nitrogens with zero attached hydrogens (tertiary/aromatic N) is 1. The third-order valence-corrected chi connectivity index (χ3v) is 5.36. The summed E-state index contributed by atoms with van der Waals surface area (Å²) >= 11 is 3.40. The highest BCUT2D eigenvalue weighted by molar-refractivity contribution is 9.10. The van der Waals surface area contributed by atoms with Gasteiger partial charge in [0.05, 0.1) is 12.8 Å². The summed E-state index contributed by atoms with van der Waals surface area (Å²) in [5, 5.41) is 2.79. The van der Waals surface area contributed by atoms with Crippen LogP contribution in [0.5, 0.6) is 11.5 Å². The summed E-state index contributed by atoms with van der Waals surface area (Å²) in [4.78, 5) is 26.3. The molecule has 0 spiro atoms. The van der Waals surface area contributed by atoms with E-state index in [1.54, 1.807) is 35.2 Å². The molecule has 0 unspecified atom stereocenters. The molecule has 1 aromatic heterocycles. The number of rotatable bonds is 7. The largest absolute Gasteiger partial charge is 0.494 e. The fourth-order valence-electron chi connectivity index (χ4n) is 3.36. The first-order valence-corrected chi connectivity index (χ1v) is 10.6. The van der Waals surface area contributed by atoms with Crippen LogP contribution in [-0.2, 0) is 11.4 Å². The molecule has 8 heteroatoms. The fourth-order valence-corrected chi connectivity index (χ4v) is 3.74. The van der Waals surface area contributed by atoms with E-state index in [1.165, 1.54) is 7.11 Å². The standard InChI is InChI=1S/C23H21BrN2O5/c1-29-21-13-16(7-9-19(21)26-11-3-6-22(26)27)25-23(28)20-10-8-18(31-20)14-30-17-5-2-4-15(24)12-17/h2,4-5,7-10,12-13H,3,6,11,14H2,1H3,(H,25,28). The zero-order valence-corrected chi connectivity index (χ0v) is 18.5. The van der Waals surface area contributed by atoms with Crippen LogP contribution in [0, 0.1) is 0 Å². The molecule has 2 amide bonds. The second-order valence-electron chi connectivity index (χ2n) is 7.00. The van der Waals surface area contributed by atoms with Crippen molar-refractivity contribution < 1.29 is 23.5 Å². The van der Waals surface area contributed by atoms with E-state index in [-0.39, 0.29) is 24.2 Å². The maximum absolute atomic E-state index is 12.6. The van der Waals surface area contributed by atoms with Crippen LogP contribution < -0.4 is 19.7 Å². The number of hydrogen-bond acceptors (Lipinski definition) is 5. The van der Waals surface area contributed by atoms with Crippen molar-refractivity contribution in [3.05, 3.63) is 70.6 Å². The van der Waals surface area contributed by atoms with Crippen molar-refractivity contribution in [2.24, 2.45) is 0 Å². The highest BCUT2D eigenvalue weighted by atomic mass is 79.9. The fraction of sp³-hybridized carbons (Fsp3) is 0.217. The summed E-state index contributed by atoms with van der Waals surface area (Å²) in [6, 6.07) is 16.0. The predicted octanol–water partition coefficient (Wildman–Crippen LogP) is 5.01. The van der Waals surface area contributed by atoms with E-state index >= 15 is 0 Å². The van der Waals surface area contributed by atoms with Crippen molar-refractivity contribution in [2.45, 2.75) is 19.4 Å². The number of furan rings is 1. The van der Waals surface area contributed by atoms with E-state index in [2.05, 4.69) is 21.2 Å². The van der Waals surface area contributed by atoms with Crippen LogP contribution in [0.3, 0.4) is 0 Å². The SMILES string of the molecule is COc1cc(NC(=O)c2ccc(COc3cccc(Br)c3)o2)ccc1N1CCCC1=O. The Morgan fingerprint density at radius 3 is 2.81 bits per heavy atom. The van der Waals surface area contributed by atoms with Crippen molar-refractivity contribution in [3.8, 4) is 11.5 Å². The summed E-state index contributed by atoms with van der Waals surface area (Å²) in [7, 11) is 1.54. The molecule has 0 aliphatic carbocycles. The smallest absolute Gasteiger partial charge is 0.291 e. The lowest BCUT2D eigenvalue weighted by molar-refractivity contribution is -0.117. The van der Waals surface area contributed by atoms with Crippen LogP contribution in [0.4, 0.5) is 11.4 Å². The molecule has 1 saturated heterocycles. The van der Waals surface area contributed by atoms with Crippen LogP contribution in [-0.4, -0.2) is 25.5 Å². The van der Waals surface area contributed by atoms with Crippen molar-refractivity contribution in [1.82, 2.24) is 0 Å². The van der Waals surface area contributed by atoms with E-state index in [0.717, 1.165) is 10.9 Å². The zero-order chi connectivity index (χ0) is 21.8. The number of methoxy groups -OCH3 is 1. The van der Waals surface area contributed by atoms with Crippen LogP contribution in [0.2, 0.25) is 0 Å². The molecule has 2 heterocycles. The van der Waals surface area contributed by atoms with Crippen molar-refractivity contribution in [1.29, 1.82) is 0 Å². The molecule has 160 valence electrons. The summed E-state index contributed by atoms with van der Waals surface area (Å²) in [5.41, 5.74) is 1.24. The predicted molar refractivity (Wildman–Crippen MR) is 120 cm³/mol. The number of carbonyl (C=O) groups is 2. The minimum Gasteiger partial charge on any atom is -0.494 e. The number of carbonyl (C=O) groups excluding carboxylic acids is 2. The molecule has 2 aromatic carbocycles. The Morgan fingerprint density at radius 2 is 2.06 bits per heavy atom. The second kappa shape index (κ2) is 9.26. The van der Waals surface area contributed by atoms with Gasteiger partial charge in [-0.15, -0.1) is 0 Å². The van der Waals surface area contributed by atoms with Crippen molar-refractivity contribution in [3.63, 3.8) is 0 Å². The Labute approximate surface area is 188 Å². The minimum absolute atomic E-state index is 0.0725. The molecular weight excluding hydrogens is 464 g/mol. The lowest BCUT2D eigenvalue weighted by atomic mass is 10.2. The maximum Gasteiger partial charge on any atom is 0.291 e. The first-order chi connectivity index (χ1) is 15.0. The van der Waals surface area contributed by atoms with Gasteiger partial charge in [-0.1, -0.05) is 22.0 Å². The molecule has 0 atom stereocenters. The van der Waals surface area contributed by atoms with Crippen molar-refractivity contribution in [2.75, 3.05) is 23.9 Å². The van der Waals surface area contributed by atoms with Crippen LogP contribution in [0.1, 0.15) is 29.2 Å². The van der Waals surface area contributed by atoms with E-state index < -0.39 is 0 Å². The van der Waals surface area contributed by atoms with Gasteiger partial charge in [0.1, 0.15) is 23.9 Å². The van der Waals surface area contributed by atoms with E-state index in [4.69, 9.17) is 13.9 Å². The number of hydrogen-bond donors (Lipinski definition) is 1. The van der Waals surface area contributed by atoms with Gasteiger partial charge in [0, 0.05) is 29.2 Å². The molecule has 1 aliphatic heterocycles. The van der Waals surface area contributed by atoms with Gasteiger partial charge < -0.3 is 24.1 Å². The number of amides is 2. The second-order valence-corrected chi connectivity index (χ2v) is 7.92. The number of anilines is 2. The first kappa shape index (κ1) is 21.0. The summed E-state index contributed by atoms with van der Waals surface area (Å²) < 4.78 is 17.6. The van der Waals surface area contributed by atoms with Gasteiger partial charge in [-0.3, -0.25) is 9.59 Å². The number of nitrogens with one attached hydrogen (secondary N) is 1. The monoisotopic (exact) mass is 484 g/mol. The Bertz CT molecular complexity index is 1110. The Kier molecular flexibility index (Phi) is 6.27. The topological polar surface area (TPSA) is 81.0 Å². The van der Waals surface area contributed by atoms with Gasteiger partial charge in [0.2, 0.25) is 5.91 Å². The number of benzene rings is 2. The molecule has 31 heavy (non-hydrogen) atoms. The Hall–Kier alpha value is -3.26. The lowest BCUT2D eigenvalue weighted by Gasteiger charge is -2.19. The molecule has 1 fully saturated rings.